The Bertz CT molecular complexity index is 271. The maximum atomic E-state index is 8.52. The normalized spacial score (nSPS) is 8.64. The third kappa shape index (κ3) is 4.96. The third-order valence-electron chi connectivity index (χ3n) is 1.30. The molecule has 1 rings (SSSR count). The van der Waals surface area contributed by atoms with Gasteiger partial charge in [0.2, 0.25) is 0 Å². The van der Waals surface area contributed by atoms with Gasteiger partial charge in [-0.2, -0.15) is 0 Å². The second-order valence-corrected chi connectivity index (χ2v) is 2.73. The van der Waals surface area contributed by atoms with Gasteiger partial charge in [0.1, 0.15) is 5.82 Å². The summed E-state index contributed by atoms with van der Waals surface area (Å²) in [5.74, 6) is 0.693. The lowest BCUT2D eigenvalue weighted by Gasteiger charge is -2.07. The number of anilines is 1. The van der Waals surface area contributed by atoms with Gasteiger partial charge in [-0.3, -0.25) is 0 Å². The molecule has 1 aromatic rings. The van der Waals surface area contributed by atoms with Crippen molar-refractivity contribution in [3.8, 4) is 0 Å². The van der Waals surface area contributed by atoms with Crippen molar-refractivity contribution in [3.05, 3.63) is 24.4 Å². The molecule has 1 aromatic heterocycles. The van der Waals surface area contributed by atoms with Crippen molar-refractivity contribution in [2.45, 2.75) is 0 Å². The number of hydrogen-bond donors (Lipinski definition) is 3. The molecule has 0 amide bonds. The predicted molar refractivity (Wildman–Crippen MR) is 62.8 cm³/mol. The SMILES string of the molecule is Cl.OCCNC(=S)Nc1ccccn1. The summed E-state index contributed by atoms with van der Waals surface area (Å²) in [7, 11) is 0. The Kier molecular flexibility index (Phi) is 7.00. The van der Waals surface area contributed by atoms with Gasteiger partial charge in [-0.15, -0.1) is 12.4 Å². The summed E-state index contributed by atoms with van der Waals surface area (Å²) in [6.07, 6.45) is 1.68. The number of pyridine rings is 1. The Labute approximate surface area is 94.2 Å². The van der Waals surface area contributed by atoms with Gasteiger partial charge >= 0.3 is 0 Å². The average Bonchev–Trinajstić information content (AvgIpc) is 2.16. The maximum Gasteiger partial charge on any atom is 0.172 e. The summed E-state index contributed by atoms with van der Waals surface area (Å²) in [4.78, 5) is 4.03. The van der Waals surface area contributed by atoms with Crippen LogP contribution >= 0.6 is 24.6 Å². The van der Waals surface area contributed by atoms with Gasteiger partial charge in [0.05, 0.1) is 6.61 Å². The van der Waals surface area contributed by atoms with Crippen LogP contribution in [0, 0.1) is 0 Å². The van der Waals surface area contributed by atoms with Crippen molar-refractivity contribution in [2.24, 2.45) is 0 Å². The Morgan fingerprint density at radius 1 is 1.50 bits per heavy atom. The summed E-state index contributed by atoms with van der Waals surface area (Å²) < 4.78 is 0. The van der Waals surface area contributed by atoms with Crippen LogP contribution in [-0.2, 0) is 0 Å². The highest BCUT2D eigenvalue weighted by Gasteiger charge is 1.95. The molecule has 14 heavy (non-hydrogen) atoms. The van der Waals surface area contributed by atoms with E-state index in [1.165, 1.54) is 0 Å². The van der Waals surface area contributed by atoms with Gasteiger partial charge in [0, 0.05) is 12.7 Å². The minimum absolute atomic E-state index is 0. The van der Waals surface area contributed by atoms with Crippen LogP contribution in [-0.4, -0.2) is 28.4 Å². The molecular formula is C8H12ClN3OS. The van der Waals surface area contributed by atoms with Gasteiger partial charge in [-0.1, -0.05) is 6.07 Å². The fraction of sp³-hybridized carbons (Fsp3) is 0.250. The van der Waals surface area contributed by atoms with Crippen molar-refractivity contribution in [2.75, 3.05) is 18.5 Å². The van der Waals surface area contributed by atoms with E-state index in [9.17, 15) is 0 Å². The molecule has 0 spiro atoms. The molecule has 0 atom stereocenters. The number of hydrogen-bond acceptors (Lipinski definition) is 3. The van der Waals surface area contributed by atoms with Gasteiger partial charge in [0.15, 0.2) is 5.11 Å². The fourth-order valence-corrected chi connectivity index (χ4v) is 0.973. The summed E-state index contributed by atoms with van der Waals surface area (Å²) in [6, 6.07) is 5.51. The van der Waals surface area contributed by atoms with Crippen molar-refractivity contribution < 1.29 is 5.11 Å². The number of aliphatic hydroxyl groups excluding tert-OH is 1. The zero-order valence-electron chi connectivity index (χ0n) is 7.43. The molecule has 6 heteroatoms. The van der Waals surface area contributed by atoms with Crippen LogP contribution in [0.25, 0.3) is 0 Å². The number of aromatic nitrogens is 1. The van der Waals surface area contributed by atoms with E-state index in [0.717, 1.165) is 0 Å². The largest absolute Gasteiger partial charge is 0.395 e. The highest BCUT2D eigenvalue weighted by Crippen LogP contribution is 1.98. The summed E-state index contributed by atoms with van der Waals surface area (Å²) in [5, 5.41) is 14.7. The zero-order valence-corrected chi connectivity index (χ0v) is 9.07. The van der Waals surface area contributed by atoms with Crippen LogP contribution in [0.5, 0.6) is 0 Å². The van der Waals surface area contributed by atoms with Crippen molar-refractivity contribution >= 4 is 35.6 Å². The van der Waals surface area contributed by atoms with E-state index in [0.29, 0.717) is 17.5 Å². The molecule has 0 aliphatic rings. The summed E-state index contributed by atoms with van der Waals surface area (Å²) in [5.41, 5.74) is 0. The minimum atomic E-state index is 0. The van der Waals surface area contributed by atoms with E-state index in [1.54, 1.807) is 6.20 Å². The molecule has 0 saturated heterocycles. The van der Waals surface area contributed by atoms with Gasteiger partial charge in [-0.05, 0) is 24.4 Å². The van der Waals surface area contributed by atoms with Crippen LogP contribution in [0.4, 0.5) is 5.82 Å². The van der Waals surface area contributed by atoms with Crippen molar-refractivity contribution in [3.63, 3.8) is 0 Å². The Hall–Kier alpha value is -0.910. The molecular weight excluding hydrogens is 222 g/mol. The zero-order chi connectivity index (χ0) is 9.52. The van der Waals surface area contributed by atoms with E-state index < -0.39 is 0 Å². The molecule has 1 heterocycles. The average molecular weight is 234 g/mol. The lowest BCUT2D eigenvalue weighted by Crippen LogP contribution is -2.30. The molecule has 78 valence electrons. The molecule has 0 aliphatic heterocycles. The first-order valence-electron chi connectivity index (χ1n) is 3.89. The second kappa shape index (κ2) is 7.49. The van der Waals surface area contributed by atoms with Gasteiger partial charge < -0.3 is 15.7 Å². The first-order valence-corrected chi connectivity index (χ1v) is 4.30. The fourth-order valence-electron chi connectivity index (χ4n) is 0.767. The second-order valence-electron chi connectivity index (χ2n) is 2.32. The van der Waals surface area contributed by atoms with E-state index in [1.807, 2.05) is 18.2 Å². The lowest BCUT2D eigenvalue weighted by molar-refractivity contribution is 0.300. The minimum Gasteiger partial charge on any atom is -0.395 e. The number of aliphatic hydroxyl groups is 1. The summed E-state index contributed by atoms with van der Waals surface area (Å²) in [6.45, 7) is 0.503. The topological polar surface area (TPSA) is 57.2 Å². The highest BCUT2D eigenvalue weighted by atomic mass is 35.5. The molecule has 0 aromatic carbocycles. The molecule has 0 aliphatic carbocycles. The van der Waals surface area contributed by atoms with Gasteiger partial charge in [0.25, 0.3) is 0 Å². The first-order chi connectivity index (χ1) is 6.33. The molecule has 0 unspecified atom stereocenters. The third-order valence-corrected chi connectivity index (χ3v) is 1.55. The van der Waals surface area contributed by atoms with E-state index in [-0.39, 0.29) is 19.0 Å². The predicted octanol–water partition coefficient (Wildman–Crippen LogP) is 0.782. The quantitative estimate of drug-likeness (QED) is 0.674. The first kappa shape index (κ1) is 13.1. The van der Waals surface area contributed by atoms with Crippen LogP contribution in [0.2, 0.25) is 0 Å². The number of thiocarbonyl (C=S) groups is 1. The van der Waals surface area contributed by atoms with Crippen LogP contribution in [0.3, 0.4) is 0 Å². The molecule has 3 N–H and O–H groups in total. The molecule has 0 saturated carbocycles. The Morgan fingerprint density at radius 2 is 2.29 bits per heavy atom. The molecule has 0 bridgehead atoms. The van der Waals surface area contributed by atoms with Crippen LogP contribution in [0.15, 0.2) is 24.4 Å². The molecule has 0 radical (unpaired) electrons. The van der Waals surface area contributed by atoms with E-state index in [4.69, 9.17) is 17.3 Å². The summed E-state index contributed by atoms with van der Waals surface area (Å²) >= 11 is 4.93. The number of nitrogens with one attached hydrogen (secondary N) is 2. The van der Waals surface area contributed by atoms with Crippen LogP contribution in [0.1, 0.15) is 0 Å². The molecule has 0 fully saturated rings. The number of rotatable bonds is 3. The number of nitrogens with zero attached hydrogens (tertiary/aromatic N) is 1. The standard InChI is InChI=1S/C8H11N3OS.ClH/c12-6-5-10-8(13)11-7-3-1-2-4-9-7;/h1-4,12H,5-6H2,(H2,9,10,11,13);1H. The Balaban J connectivity index is 0.00000169. The smallest absolute Gasteiger partial charge is 0.172 e. The van der Waals surface area contributed by atoms with E-state index in [2.05, 4.69) is 15.6 Å². The van der Waals surface area contributed by atoms with Gasteiger partial charge in [-0.25, -0.2) is 4.98 Å². The van der Waals surface area contributed by atoms with Crippen molar-refractivity contribution in [1.82, 2.24) is 10.3 Å². The van der Waals surface area contributed by atoms with Crippen molar-refractivity contribution in [1.29, 1.82) is 0 Å². The maximum absolute atomic E-state index is 8.52. The monoisotopic (exact) mass is 233 g/mol. The molecule has 4 nitrogen and oxygen atoms in total. The number of halogens is 1. The highest BCUT2D eigenvalue weighted by molar-refractivity contribution is 7.80. The van der Waals surface area contributed by atoms with Crippen LogP contribution < -0.4 is 10.6 Å². The Morgan fingerprint density at radius 3 is 2.86 bits per heavy atom. The lowest BCUT2D eigenvalue weighted by atomic mass is 10.5. The van der Waals surface area contributed by atoms with E-state index >= 15 is 0 Å².